The SMILES string of the molecule is Cc1ccc2nc(N(CCCN(C)C)C(=O)c3cccc(N4C(=O)CCC4=O)c3)sc2c1.Cl. The molecule has 33 heavy (non-hydrogen) atoms. The summed E-state index contributed by atoms with van der Waals surface area (Å²) in [5.41, 5.74) is 2.88. The van der Waals surface area contributed by atoms with Crippen LogP contribution < -0.4 is 9.80 Å². The van der Waals surface area contributed by atoms with Gasteiger partial charge in [0.25, 0.3) is 5.91 Å². The fourth-order valence-electron chi connectivity index (χ4n) is 3.76. The van der Waals surface area contributed by atoms with Crippen molar-refractivity contribution in [2.75, 3.05) is 37.0 Å². The van der Waals surface area contributed by atoms with Crippen LogP contribution in [0.1, 0.15) is 35.2 Å². The number of anilines is 2. The highest BCUT2D eigenvalue weighted by atomic mass is 35.5. The predicted molar refractivity (Wildman–Crippen MR) is 135 cm³/mol. The number of hydrogen-bond acceptors (Lipinski definition) is 6. The van der Waals surface area contributed by atoms with Crippen molar-refractivity contribution >= 4 is 62.5 Å². The van der Waals surface area contributed by atoms with E-state index in [9.17, 15) is 14.4 Å². The molecule has 2 aromatic carbocycles. The van der Waals surface area contributed by atoms with Crippen molar-refractivity contribution in [1.82, 2.24) is 9.88 Å². The Hall–Kier alpha value is -2.81. The van der Waals surface area contributed by atoms with Gasteiger partial charge in [0.1, 0.15) is 0 Å². The van der Waals surface area contributed by atoms with Gasteiger partial charge in [-0.25, -0.2) is 4.98 Å². The summed E-state index contributed by atoms with van der Waals surface area (Å²) in [5.74, 6) is -0.659. The highest BCUT2D eigenvalue weighted by Gasteiger charge is 2.31. The highest BCUT2D eigenvalue weighted by Crippen LogP contribution is 2.31. The summed E-state index contributed by atoms with van der Waals surface area (Å²) in [4.78, 5) is 47.6. The molecule has 1 saturated heterocycles. The van der Waals surface area contributed by atoms with Gasteiger partial charge in [-0.2, -0.15) is 0 Å². The Morgan fingerprint density at radius 3 is 2.48 bits per heavy atom. The minimum Gasteiger partial charge on any atom is -0.309 e. The van der Waals surface area contributed by atoms with Crippen LogP contribution in [0.4, 0.5) is 10.8 Å². The molecule has 3 amide bonds. The standard InChI is InChI=1S/C24H26N4O3S.ClH/c1-16-8-9-19-20(14-16)32-24(25-19)27(13-5-12-26(2)3)23(31)17-6-4-7-18(15-17)28-21(29)10-11-22(28)30;/h4,6-9,14-15H,5,10-13H2,1-3H3;1H. The number of aromatic nitrogens is 1. The largest absolute Gasteiger partial charge is 0.309 e. The maximum absolute atomic E-state index is 13.6. The zero-order chi connectivity index (χ0) is 22.8. The van der Waals surface area contributed by atoms with Gasteiger partial charge in [-0.3, -0.25) is 24.2 Å². The van der Waals surface area contributed by atoms with E-state index in [1.54, 1.807) is 29.2 Å². The molecule has 0 aliphatic carbocycles. The molecular weight excluding hydrogens is 460 g/mol. The number of nitrogens with zero attached hydrogens (tertiary/aromatic N) is 4. The second-order valence-electron chi connectivity index (χ2n) is 8.25. The van der Waals surface area contributed by atoms with Gasteiger partial charge in [-0.1, -0.05) is 23.5 Å². The molecule has 0 bridgehead atoms. The molecule has 0 N–H and O–H groups in total. The van der Waals surface area contributed by atoms with Crippen LogP contribution in [0, 0.1) is 6.92 Å². The lowest BCUT2D eigenvalue weighted by Gasteiger charge is -2.22. The molecule has 0 unspecified atom stereocenters. The zero-order valence-corrected chi connectivity index (χ0v) is 20.5. The Morgan fingerprint density at radius 2 is 1.79 bits per heavy atom. The van der Waals surface area contributed by atoms with Gasteiger partial charge >= 0.3 is 0 Å². The van der Waals surface area contributed by atoms with E-state index in [1.165, 1.54) is 16.2 Å². The lowest BCUT2D eigenvalue weighted by Crippen LogP contribution is -2.34. The first kappa shape index (κ1) is 24.8. The van der Waals surface area contributed by atoms with Gasteiger partial charge in [-0.15, -0.1) is 12.4 Å². The van der Waals surface area contributed by atoms with Gasteiger partial charge in [0, 0.05) is 24.9 Å². The Balaban J connectivity index is 0.00000306. The van der Waals surface area contributed by atoms with Crippen molar-refractivity contribution in [2.45, 2.75) is 26.2 Å². The van der Waals surface area contributed by atoms with Crippen LogP contribution in [0.5, 0.6) is 0 Å². The van der Waals surface area contributed by atoms with Crippen molar-refractivity contribution in [3.63, 3.8) is 0 Å². The Morgan fingerprint density at radius 1 is 1.06 bits per heavy atom. The van der Waals surface area contributed by atoms with E-state index < -0.39 is 0 Å². The third kappa shape index (κ3) is 5.40. The molecule has 3 aromatic rings. The minimum absolute atomic E-state index is 0. The number of rotatable bonds is 7. The minimum atomic E-state index is -0.232. The summed E-state index contributed by atoms with van der Waals surface area (Å²) in [6.07, 6.45) is 1.20. The number of aryl methyl sites for hydroxylation is 1. The number of carbonyl (C=O) groups is 3. The summed E-state index contributed by atoms with van der Waals surface area (Å²) < 4.78 is 1.03. The van der Waals surface area contributed by atoms with E-state index in [2.05, 4.69) is 11.0 Å². The van der Waals surface area contributed by atoms with Crippen LogP contribution in [0.15, 0.2) is 42.5 Å². The quantitative estimate of drug-likeness (QED) is 0.466. The second kappa shape index (κ2) is 10.4. The first-order chi connectivity index (χ1) is 15.3. The molecule has 0 radical (unpaired) electrons. The summed E-state index contributed by atoms with van der Waals surface area (Å²) in [7, 11) is 4.00. The van der Waals surface area contributed by atoms with Gasteiger partial charge in [0.05, 0.1) is 15.9 Å². The van der Waals surface area contributed by atoms with E-state index in [0.717, 1.165) is 28.7 Å². The van der Waals surface area contributed by atoms with Gasteiger partial charge in [0.15, 0.2) is 5.13 Å². The molecule has 174 valence electrons. The number of benzene rings is 2. The molecule has 7 nitrogen and oxygen atoms in total. The van der Waals surface area contributed by atoms with Gasteiger partial charge < -0.3 is 4.90 Å². The van der Waals surface area contributed by atoms with Crippen molar-refractivity contribution in [3.8, 4) is 0 Å². The summed E-state index contributed by atoms with van der Waals surface area (Å²) >= 11 is 1.49. The monoisotopic (exact) mass is 486 g/mol. The van der Waals surface area contributed by atoms with Crippen LogP contribution in [-0.4, -0.2) is 54.8 Å². The number of fused-ring (bicyclic) bond motifs is 1. The first-order valence-electron chi connectivity index (χ1n) is 10.6. The summed E-state index contributed by atoms with van der Waals surface area (Å²) in [6.45, 7) is 3.39. The van der Waals surface area contributed by atoms with Crippen molar-refractivity contribution in [2.24, 2.45) is 0 Å². The number of carbonyl (C=O) groups excluding carboxylic acids is 3. The Labute approximate surface area is 203 Å². The fraction of sp³-hybridized carbons (Fsp3) is 0.333. The molecule has 9 heteroatoms. The van der Waals surface area contributed by atoms with Crippen LogP contribution in [0.3, 0.4) is 0 Å². The number of imide groups is 1. The fourth-order valence-corrected chi connectivity index (χ4v) is 4.85. The maximum atomic E-state index is 13.6. The molecular formula is C24H27ClN4O3S. The second-order valence-corrected chi connectivity index (χ2v) is 9.26. The molecule has 1 aliphatic rings. The normalized spacial score (nSPS) is 13.6. The summed E-state index contributed by atoms with van der Waals surface area (Å²) in [5, 5.41) is 0.646. The Bertz CT molecular complexity index is 1180. The number of halogens is 1. The lowest BCUT2D eigenvalue weighted by molar-refractivity contribution is -0.121. The van der Waals surface area contributed by atoms with E-state index in [-0.39, 0.29) is 43.0 Å². The van der Waals surface area contributed by atoms with Gasteiger partial charge in [-0.05, 0) is 69.9 Å². The molecule has 1 aliphatic heterocycles. The molecule has 1 aromatic heterocycles. The molecule has 4 rings (SSSR count). The third-order valence-corrected chi connectivity index (χ3v) is 6.44. The molecule has 0 saturated carbocycles. The van der Waals surface area contributed by atoms with E-state index >= 15 is 0 Å². The average molecular weight is 487 g/mol. The summed E-state index contributed by atoms with van der Waals surface area (Å²) in [6, 6.07) is 12.8. The molecule has 2 heterocycles. The van der Waals surface area contributed by atoms with Crippen LogP contribution in [0.2, 0.25) is 0 Å². The average Bonchev–Trinajstić information content (AvgIpc) is 3.32. The van der Waals surface area contributed by atoms with Gasteiger partial charge in [0.2, 0.25) is 11.8 Å². The maximum Gasteiger partial charge on any atom is 0.260 e. The molecule has 1 fully saturated rings. The van der Waals surface area contributed by atoms with E-state index in [1.807, 2.05) is 33.2 Å². The smallest absolute Gasteiger partial charge is 0.260 e. The van der Waals surface area contributed by atoms with Crippen LogP contribution in [-0.2, 0) is 9.59 Å². The highest BCUT2D eigenvalue weighted by molar-refractivity contribution is 7.22. The number of hydrogen-bond donors (Lipinski definition) is 0. The van der Waals surface area contributed by atoms with Crippen LogP contribution >= 0.6 is 23.7 Å². The van der Waals surface area contributed by atoms with E-state index in [0.29, 0.717) is 22.9 Å². The first-order valence-corrected chi connectivity index (χ1v) is 11.4. The third-order valence-electron chi connectivity index (χ3n) is 5.40. The molecule has 0 spiro atoms. The number of amides is 3. The Kier molecular flexibility index (Phi) is 7.84. The zero-order valence-electron chi connectivity index (χ0n) is 18.9. The lowest BCUT2D eigenvalue weighted by atomic mass is 10.1. The van der Waals surface area contributed by atoms with Crippen molar-refractivity contribution in [3.05, 3.63) is 53.6 Å². The number of thiazole rings is 1. The van der Waals surface area contributed by atoms with E-state index in [4.69, 9.17) is 4.98 Å². The van der Waals surface area contributed by atoms with Crippen molar-refractivity contribution in [1.29, 1.82) is 0 Å². The topological polar surface area (TPSA) is 73.8 Å². The molecule has 0 atom stereocenters. The van der Waals surface area contributed by atoms with Crippen LogP contribution in [0.25, 0.3) is 10.2 Å². The van der Waals surface area contributed by atoms with Crippen molar-refractivity contribution < 1.29 is 14.4 Å². The predicted octanol–water partition coefficient (Wildman–Crippen LogP) is 4.28.